The summed E-state index contributed by atoms with van der Waals surface area (Å²) in [5, 5.41) is 2.99. The van der Waals surface area contributed by atoms with E-state index < -0.39 is 0 Å². The molecule has 0 radical (unpaired) electrons. The van der Waals surface area contributed by atoms with Crippen LogP contribution in [-0.4, -0.2) is 60.9 Å². The number of nitrogens with zero attached hydrogens (tertiary/aromatic N) is 3. The number of carbonyl (C=O) groups is 2. The molecule has 0 aliphatic carbocycles. The number of carbonyl (C=O) groups excluding carboxylic acids is 2. The minimum absolute atomic E-state index is 0.0873. The summed E-state index contributed by atoms with van der Waals surface area (Å²) in [5.41, 5.74) is 1.25. The highest BCUT2D eigenvalue weighted by Gasteiger charge is 2.20. The molecule has 2 aromatic rings. The number of nitrogens with one attached hydrogen (secondary N) is 1. The maximum atomic E-state index is 12.7. The van der Waals surface area contributed by atoms with Gasteiger partial charge in [0.15, 0.2) is 0 Å². The lowest BCUT2D eigenvalue weighted by Gasteiger charge is -2.23. The van der Waals surface area contributed by atoms with Crippen LogP contribution >= 0.6 is 11.8 Å². The lowest BCUT2D eigenvalue weighted by molar-refractivity contribution is 0.0526. The minimum Gasteiger partial charge on any atom is -0.462 e. The summed E-state index contributed by atoms with van der Waals surface area (Å²) < 4.78 is 4.99. The predicted molar refractivity (Wildman–Crippen MR) is 116 cm³/mol. The number of pyridine rings is 1. The summed E-state index contributed by atoms with van der Waals surface area (Å²) in [6.07, 6.45) is 4.40. The average Bonchev–Trinajstić information content (AvgIpc) is 3.00. The van der Waals surface area contributed by atoms with E-state index in [4.69, 9.17) is 4.74 Å². The third kappa shape index (κ3) is 5.63. The molecule has 1 fully saturated rings. The van der Waals surface area contributed by atoms with Gasteiger partial charge in [-0.2, -0.15) is 0 Å². The number of hydrogen-bond donors (Lipinski definition) is 1. The maximum Gasteiger partial charge on any atom is 0.339 e. The summed E-state index contributed by atoms with van der Waals surface area (Å²) in [5.74, 6) is 0.434. The first-order chi connectivity index (χ1) is 14.1. The normalized spacial score (nSPS) is 14.3. The van der Waals surface area contributed by atoms with Crippen molar-refractivity contribution in [3.8, 4) is 0 Å². The fourth-order valence-corrected chi connectivity index (χ4v) is 3.62. The molecular weight excluding hydrogens is 388 g/mol. The number of aromatic nitrogens is 1. The summed E-state index contributed by atoms with van der Waals surface area (Å²) in [6.45, 7) is 4.90. The van der Waals surface area contributed by atoms with Crippen LogP contribution in [0.4, 0.5) is 16.3 Å². The number of esters is 1. The molecule has 0 bridgehead atoms. The van der Waals surface area contributed by atoms with Crippen LogP contribution in [0.3, 0.4) is 0 Å². The standard InChI is InChI=1S/C21H26N4O3S/c1-3-28-20(26)16-8-9-19(22-15-16)24-10-5-11-25(13-12-24)21(27)23-17-6-4-7-18(14-17)29-2/h4,6-9,14-15H,3,5,10-13H2,1-2H3,(H,23,27). The van der Waals surface area contributed by atoms with E-state index in [1.54, 1.807) is 30.9 Å². The van der Waals surface area contributed by atoms with Crippen LogP contribution in [0.15, 0.2) is 47.5 Å². The van der Waals surface area contributed by atoms with Gasteiger partial charge in [-0.15, -0.1) is 11.8 Å². The highest BCUT2D eigenvalue weighted by atomic mass is 32.2. The van der Waals surface area contributed by atoms with Gasteiger partial charge in [0.05, 0.1) is 12.2 Å². The van der Waals surface area contributed by atoms with Crippen molar-refractivity contribution < 1.29 is 14.3 Å². The van der Waals surface area contributed by atoms with Crippen LogP contribution in [0.1, 0.15) is 23.7 Å². The molecular formula is C21H26N4O3S. The highest BCUT2D eigenvalue weighted by Crippen LogP contribution is 2.20. The Morgan fingerprint density at radius 1 is 1.17 bits per heavy atom. The second kappa shape index (κ2) is 10.2. The van der Waals surface area contributed by atoms with Gasteiger partial charge < -0.3 is 19.9 Å². The molecule has 2 amide bonds. The number of amides is 2. The molecule has 0 atom stereocenters. The molecule has 0 spiro atoms. The first kappa shape index (κ1) is 21.0. The van der Waals surface area contributed by atoms with Gasteiger partial charge in [-0.05, 0) is 49.9 Å². The summed E-state index contributed by atoms with van der Waals surface area (Å²) in [4.78, 5) is 33.9. The fourth-order valence-electron chi connectivity index (χ4n) is 3.16. The Hall–Kier alpha value is -2.74. The topological polar surface area (TPSA) is 74.8 Å². The molecule has 1 aliphatic heterocycles. The molecule has 1 aromatic heterocycles. The fraction of sp³-hybridized carbons (Fsp3) is 0.381. The molecule has 2 heterocycles. The van der Waals surface area contributed by atoms with Gasteiger partial charge in [0.1, 0.15) is 5.82 Å². The maximum absolute atomic E-state index is 12.7. The second-order valence-corrected chi connectivity index (χ2v) is 7.49. The highest BCUT2D eigenvalue weighted by molar-refractivity contribution is 7.98. The Morgan fingerprint density at radius 3 is 2.76 bits per heavy atom. The summed E-state index contributed by atoms with van der Waals surface area (Å²) in [6, 6.07) is 11.3. The molecule has 1 aliphatic rings. The van der Waals surface area contributed by atoms with E-state index in [9.17, 15) is 9.59 Å². The lowest BCUT2D eigenvalue weighted by atomic mass is 10.2. The molecule has 0 saturated carbocycles. The molecule has 7 nitrogen and oxygen atoms in total. The van der Waals surface area contributed by atoms with Gasteiger partial charge >= 0.3 is 12.0 Å². The number of hydrogen-bond acceptors (Lipinski definition) is 6. The van der Waals surface area contributed by atoms with Crippen molar-refractivity contribution in [1.29, 1.82) is 0 Å². The first-order valence-corrected chi connectivity index (χ1v) is 10.9. The van der Waals surface area contributed by atoms with Gasteiger partial charge in [-0.3, -0.25) is 0 Å². The zero-order valence-corrected chi connectivity index (χ0v) is 17.6. The van der Waals surface area contributed by atoms with Crippen LogP contribution in [0, 0.1) is 0 Å². The van der Waals surface area contributed by atoms with Crippen molar-refractivity contribution in [3.63, 3.8) is 0 Å². The third-order valence-corrected chi connectivity index (χ3v) is 5.41. The van der Waals surface area contributed by atoms with Gasteiger partial charge in [0.2, 0.25) is 0 Å². The molecule has 8 heteroatoms. The molecule has 1 saturated heterocycles. The number of thioether (sulfide) groups is 1. The molecule has 1 aromatic carbocycles. The third-order valence-electron chi connectivity index (χ3n) is 4.69. The quantitative estimate of drug-likeness (QED) is 0.594. The number of ether oxygens (including phenoxy) is 1. The number of urea groups is 1. The van der Waals surface area contributed by atoms with Gasteiger partial charge in [0.25, 0.3) is 0 Å². The Kier molecular flexibility index (Phi) is 7.35. The van der Waals surface area contributed by atoms with Crippen molar-refractivity contribution in [2.45, 2.75) is 18.2 Å². The van der Waals surface area contributed by atoms with Crippen molar-refractivity contribution in [2.75, 3.05) is 49.3 Å². The number of anilines is 2. The van der Waals surface area contributed by atoms with Crippen molar-refractivity contribution in [1.82, 2.24) is 9.88 Å². The molecule has 0 unspecified atom stereocenters. The van der Waals surface area contributed by atoms with Crippen LogP contribution in [0.25, 0.3) is 0 Å². The Bertz CT molecular complexity index is 844. The van der Waals surface area contributed by atoms with Crippen molar-refractivity contribution in [3.05, 3.63) is 48.2 Å². The molecule has 154 valence electrons. The molecule has 1 N–H and O–H groups in total. The van der Waals surface area contributed by atoms with Gasteiger partial charge in [-0.1, -0.05) is 6.07 Å². The Labute approximate surface area is 175 Å². The number of benzene rings is 1. The zero-order valence-electron chi connectivity index (χ0n) is 16.8. The van der Waals surface area contributed by atoms with E-state index in [0.29, 0.717) is 31.8 Å². The SMILES string of the molecule is CCOC(=O)c1ccc(N2CCCN(C(=O)Nc3cccc(SC)c3)CC2)nc1. The predicted octanol–water partition coefficient (Wildman–Crippen LogP) is 3.72. The lowest BCUT2D eigenvalue weighted by Crippen LogP contribution is -2.38. The van der Waals surface area contributed by atoms with Crippen LogP contribution in [-0.2, 0) is 4.74 Å². The van der Waals surface area contributed by atoms with Crippen LogP contribution in [0.5, 0.6) is 0 Å². The van der Waals surface area contributed by atoms with E-state index in [1.807, 2.05) is 41.5 Å². The minimum atomic E-state index is -0.365. The number of rotatable bonds is 5. The van der Waals surface area contributed by atoms with Gasteiger partial charge in [0, 0.05) is 43.0 Å². The Balaban J connectivity index is 1.58. The molecule has 29 heavy (non-hydrogen) atoms. The van der Waals surface area contributed by atoms with E-state index >= 15 is 0 Å². The van der Waals surface area contributed by atoms with E-state index in [1.165, 1.54) is 0 Å². The molecule has 3 rings (SSSR count). The first-order valence-electron chi connectivity index (χ1n) is 9.69. The zero-order chi connectivity index (χ0) is 20.6. The summed E-state index contributed by atoms with van der Waals surface area (Å²) >= 11 is 1.64. The smallest absolute Gasteiger partial charge is 0.339 e. The van der Waals surface area contributed by atoms with E-state index in [2.05, 4.69) is 15.2 Å². The van der Waals surface area contributed by atoms with E-state index in [-0.39, 0.29) is 12.0 Å². The average molecular weight is 415 g/mol. The van der Waals surface area contributed by atoms with Crippen molar-refractivity contribution >= 4 is 35.3 Å². The summed E-state index contributed by atoms with van der Waals surface area (Å²) in [7, 11) is 0. The van der Waals surface area contributed by atoms with Crippen LogP contribution in [0.2, 0.25) is 0 Å². The second-order valence-electron chi connectivity index (χ2n) is 6.62. The van der Waals surface area contributed by atoms with Gasteiger partial charge in [-0.25, -0.2) is 14.6 Å². The largest absolute Gasteiger partial charge is 0.462 e. The van der Waals surface area contributed by atoms with Crippen LogP contribution < -0.4 is 10.2 Å². The van der Waals surface area contributed by atoms with E-state index in [0.717, 1.165) is 29.4 Å². The Morgan fingerprint density at radius 2 is 2.03 bits per heavy atom. The van der Waals surface area contributed by atoms with Crippen molar-refractivity contribution in [2.24, 2.45) is 0 Å². The monoisotopic (exact) mass is 414 g/mol.